The van der Waals surface area contributed by atoms with E-state index in [1.165, 1.54) is 4.57 Å². The first-order valence-corrected chi connectivity index (χ1v) is 7.39. The maximum Gasteiger partial charge on any atom is 0.303 e. The zero-order chi connectivity index (χ0) is 16.0. The van der Waals surface area contributed by atoms with E-state index in [4.69, 9.17) is 22.4 Å². The van der Waals surface area contributed by atoms with Gasteiger partial charge in [0.25, 0.3) is 0 Å². The summed E-state index contributed by atoms with van der Waals surface area (Å²) < 4.78 is 1.80. The molecule has 0 aromatic carbocycles. The third-order valence-corrected chi connectivity index (χ3v) is 4.24. The molecule has 0 fully saturated rings. The lowest BCUT2D eigenvalue weighted by molar-refractivity contribution is -0.138. The SMILES string of the molecule is O=C(O)CCCn1c(O)c(CCC(=O)C(=O)CO)sc1=S. The van der Waals surface area contributed by atoms with Gasteiger partial charge in [0.1, 0.15) is 6.61 Å². The quantitative estimate of drug-likeness (QED) is 0.454. The molecule has 1 rings (SSSR count). The van der Waals surface area contributed by atoms with E-state index in [-0.39, 0.29) is 31.7 Å². The minimum absolute atomic E-state index is 0.0319. The van der Waals surface area contributed by atoms with Gasteiger partial charge in [0.2, 0.25) is 17.4 Å². The molecular weight excluding hydrogens is 318 g/mol. The first-order chi connectivity index (χ1) is 9.86. The van der Waals surface area contributed by atoms with Crippen molar-refractivity contribution in [2.45, 2.75) is 32.2 Å². The molecule has 0 aliphatic heterocycles. The number of aliphatic carboxylic acids is 1. The van der Waals surface area contributed by atoms with Crippen LogP contribution in [0, 0.1) is 3.95 Å². The van der Waals surface area contributed by atoms with Crippen LogP contribution >= 0.6 is 23.6 Å². The number of hydrogen-bond acceptors (Lipinski definition) is 7. The number of aromatic hydroxyl groups is 1. The molecule has 0 bridgehead atoms. The van der Waals surface area contributed by atoms with Crippen molar-refractivity contribution >= 4 is 41.1 Å². The Morgan fingerprint density at radius 3 is 2.43 bits per heavy atom. The predicted octanol–water partition coefficient (Wildman–Crippen LogP) is 0.913. The van der Waals surface area contributed by atoms with Gasteiger partial charge in [0, 0.05) is 19.4 Å². The Hall–Kier alpha value is -1.58. The van der Waals surface area contributed by atoms with Crippen LogP contribution in [0.4, 0.5) is 0 Å². The number of nitrogens with zero attached hydrogens (tertiary/aromatic N) is 1. The molecule has 0 amide bonds. The van der Waals surface area contributed by atoms with Gasteiger partial charge >= 0.3 is 5.97 Å². The molecule has 0 saturated carbocycles. The van der Waals surface area contributed by atoms with Gasteiger partial charge in [0.15, 0.2) is 3.95 Å². The van der Waals surface area contributed by atoms with E-state index in [0.29, 0.717) is 15.3 Å². The van der Waals surface area contributed by atoms with Crippen molar-refractivity contribution in [3.63, 3.8) is 0 Å². The van der Waals surface area contributed by atoms with Crippen molar-refractivity contribution in [3.05, 3.63) is 8.83 Å². The number of carboxylic acids is 1. The molecule has 116 valence electrons. The van der Waals surface area contributed by atoms with Crippen molar-refractivity contribution < 1.29 is 29.7 Å². The van der Waals surface area contributed by atoms with Gasteiger partial charge in [-0.05, 0) is 25.1 Å². The van der Waals surface area contributed by atoms with Crippen LogP contribution in [0.15, 0.2) is 0 Å². The van der Waals surface area contributed by atoms with Crippen molar-refractivity contribution in [2.24, 2.45) is 0 Å². The number of carboxylic acid groups (broad SMARTS) is 1. The minimum Gasteiger partial charge on any atom is -0.494 e. The molecule has 0 radical (unpaired) electrons. The van der Waals surface area contributed by atoms with Crippen molar-refractivity contribution in [2.75, 3.05) is 6.61 Å². The van der Waals surface area contributed by atoms with Gasteiger partial charge in [0.05, 0.1) is 4.88 Å². The Bertz CT molecular complexity index is 603. The monoisotopic (exact) mass is 333 g/mol. The predicted molar refractivity (Wildman–Crippen MR) is 77.1 cm³/mol. The second-order valence-electron chi connectivity index (χ2n) is 4.27. The zero-order valence-electron chi connectivity index (χ0n) is 11.1. The normalized spacial score (nSPS) is 10.5. The molecule has 0 aliphatic carbocycles. The molecule has 3 N–H and O–H groups in total. The highest BCUT2D eigenvalue weighted by Crippen LogP contribution is 2.27. The molecule has 0 unspecified atom stereocenters. The number of rotatable bonds is 9. The summed E-state index contributed by atoms with van der Waals surface area (Å²) in [5.74, 6) is -2.59. The van der Waals surface area contributed by atoms with Crippen molar-refractivity contribution in [1.29, 1.82) is 0 Å². The second-order valence-corrected chi connectivity index (χ2v) is 6.00. The summed E-state index contributed by atoms with van der Waals surface area (Å²) in [6, 6.07) is 0. The highest BCUT2D eigenvalue weighted by molar-refractivity contribution is 7.73. The number of ketones is 2. The molecule has 21 heavy (non-hydrogen) atoms. The summed E-state index contributed by atoms with van der Waals surface area (Å²) in [6.45, 7) is -0.548. The number of carbonyl (C=O) groups excluding carboxylic acids is 2. The number of aliphatic hydroxyl groups is 1. The van der Waals surface area contributed by atoms with Crippen LogP contribution in [0.5, 0.6) is 5.88 Å². The van der Waals surface area contributed by atoms with E-state index in [9.17, 15) is 19.5 Å². The lowest BCUT2D eigenvalue weighted by Crippen LogP contribution is -2.17. The Morgan fingerprint density at radius 1 is 1.19 bits per heavy atom. The van der Waals surface area contributed by atoms with Gasteiger partial charge in [-0.1, -0.05) is 0 Å². The second kappa shape index (κ2) is 8.01. The Morgan fingerprint density at radius 2 is 1.86 bits per heavy atom. The molecule has 0 saturated heterocycles. The van der Waals surface area contributed by atoms with E-state index in [1.54, 1.807) is 0 Å². The summed E-state index contributed by atoms with van der Waals surface area (Å²) >= 11 is 6.19. The summed E-state index contributed by atoms with van der Waals surface area (Å²) in [7, 11) is 0. The molecule has 9 heteroatoms. The van der Waals surface area contributed by atoms with Crippen LogP contribution in [-0.2, 0) is 27.3 Å². The lowest BCUT2D eigenvalue weighted by Gasteiger charge is -2.04. The maximum absolute atomic E-state index is 11.3. The van der Waals surface area contributed by atoms with Gasteiger partial charge in [-0.3, -0.25) is 19.0 Å². The lowest BCUT2D eigenvalue weighted by atomic mass is 10.1. The number of aromatic nitrogens is 1. The highest BCUT2D eigenvalue weighted by atomic mass is 32.1. The van der Waals surface area contributed by atoms with E-state index in [0.717, 1.165) is 11.3 Å². The zero-order valence-corrected chi connectivity index (χ0v) is 12.7. The highest BCUT2D eigenvalue weighted by Gasteiger charge is 2.16. The van der Waals surface area contributed by atoms with Crippen molar-refractivity contribution in [3.8, 4) is 5.88 Å². The molecule has 0 atom stereocenters. The first-order valence-electron chi connectivity index (χ1n) is 6.17. The van der Waals surface area contributed by atoms with Crippen LogP contribution in [0.25, 0.3) is 0 Å². The van der Waals surface area contributed by atoms with E-state index < -0.39 is 24.1 Å². The fourth-order valence-electron chi connectivity index (χ4n) is 1.65. The van der Waals surface area contributed by atoms with Gasteiger partial charge in [-0.15, -0.1) is 11.3 Å². The summed E-state index contributed by atoms with van der Waals surface area (Å²) in [4.78, 5) is 33.2. The van der Waals surface area contributed by atoms with Gasteiger partial charge < -0.3 is 15.3 Å². The van der Waals surface area contributed by atoms with Crippen LogP contribution in [0.2, 0.25) is 0 Å². The van der Waals surface area contributed by atoms with Crippen LogP contribution < -0.4 is 0 Å². The number of aryl methyl sites for hydroxylation is 1. The Kier molecular flexibility index (Phi) is 6.66. The van der Waals surface area contributed by atoms with Crippen LogP contribution in [-0.4, -0.2) is 44.0 Å². The largest absolute Gasteiger partial charge is 0.494 e. The van der Waals surface area contributed by atoms with Crippen molar-refractivity contribution in [1.82, 2.24) is 4.57 Å². The minimum atomic E-state index is -0.926. The first kappa shape index (κ1) is 17.5. The van der Waals surface area contributed by atoms with E-state index in [1.807, 2.05) is 0 Å². The third-order valence-electron chi connectivity index (χ3n) is 2.74. The fourth-order valence-corrected chi connectivity index (χ4v) is 3.03. The summed E-state index contributed by atoms with van der Waals surface area (Å²) in [6.07, 6.45) is 0.333. The average molecular weight is 333 g/mol. The third kappa shape index (κ3) is 5.03. The number of carbonyl (C=O) groups is 3. The Labute approximate surface area is 129 Å². The fraction of sp³-hybridized carbons (Fsp3) is 0.500. The number of aliphatic hydroxyl groups excluding tert-OH is 1. The molecule has 0 spiro atoms. The Balaban J connectivity index is 2.69. The van der Waals surface area contributed by atoms with E-state index in [2.05, 4.69) is 0 Å². The molecular formula is C12H15NO6S2. The number of hydrogen-bond donors (Lipinski definition) is 3. The number of Topliss-reactive ketones (excluding diaryl/α,β-unsaturated/α-hetero) is 2. The molecule has 7 nitrogen and oxygen atoms in total. The average Bonchev–Trinajstić information content (AvgIpc) is 2.70. The molecule has 1 aromatic rings. The summed E-state index contributed by atoms with van der Waals surface area (Å²) in [5, 5.41) is 27.1. The number of thiazole rings is 1. The maximum atomic E-state index is 11.3. The van der Waals surface area contributed by atoms with Gasteiger partial charge in [-0.25, -0.2) is 0 Å². The van der Waals surface area contributed by atoms with E-state index >= 15 is 0 Å². The topological polar surface area (TPSA) is 117 Å². The van der Waals surface area contributed by atoms with Crippen LogP contribution in [0.1, 0.15) is 24.1 Å². The standard InChI is InChI=1S/C12H15NO6S2/c14-6-8(16)7(15)3-4-9-11(19)13(12(20)21-9)5-1-2-10(17)18/h14,19H,1-6H2,(H,17,18). The molecule has 1 aromatic heterocycles. The van der Waals surface area contributed by atoms with Gasteiger partial charge in [-0.2, -0.15) is 0 Å². The van der Waals surface area contributed by atoms with Crippen LogP contribution in [0.3, 0.4) is 0 Å². The molecule has 0 aliphatic rings. The summed E-state index contributed by atoms with van der Waals surface area (Å²) in [5.41, 5.74) is 0. The smallest absolute Gasteiger partial charge is 0.303 e. The molecule has 1 heterocycles.